The smallest absolute Gasteiger partial charge is 0.226 e. The van der Waals surface area contributed by atoms with Crippen molar-refractivity contribution < 1.29 is 4.79 Å². The summed E-state index contributed by atoms with van der Waals surface area (Å²) in [6.45, 7) is 7.90. The Kier molecular flexibility index (Phi) is 6.07. The van der Waals surface area contributed by atoms with Crippen molar-refractivity contribution >= 4 is 45.9 Å². The van der Waals surface area contributed by atoms with Gasteiger partial charge in [0.05, 0.1) is 17.8 Å². The van der Waals surface area contributed by atoms with Crippen LogP contribution in [0.25, 0.3) is 0 Å². The summed E-state index contributed by atoms with van der Waals surface area (Å²) >= 11 is 7.56. The SMILES string of the molecule is Cc1ccc([C@@H]2[C@@H](c3ccccn3)NC(=S)N2c2ccc(NC(=O)C(C)C)c(C)c2)s1. The number of amides is 1. The molecule has 31 heavy (non-hydrogen) atoms. The van der Waals surface area contributed by atoms with E-state index in [0.717, 1.165) is 22.6 Å². The van der Waals surface area contributed by atoms with Crippen LogP contribution in [0.15, 0.2) is 54.7 Å². The predicted octanol–water partition coefficient (Wildman–Crippen LogP) is 5.53. The molecule has 3 heterocycles. The first-order valence-electron chi connectivity index (χ1n) is 10.3. The van der Waals surface area contributed by atoms with Crippen molar-refractivity contribution in [1.29, 1.82) is 0 Å². The Morgan fingerprint density at radius 1 is 1.19 bits per heavy atom. The maximum absolute atomic E-state index is 12.1. The number of hydrogen-bond donors (Lipinski definition) is 2. The molecule has 0 bridgehead atoms. The molecule has 0 unspecified atom stereocenters. The van der Waals surface area contributed by atoms with Gasteiger partial charge in [-0.3, -0.25) is 9.78 Å². The first kappa shape index (κ1) is 21.5. The molecule has 0 saturated carbocycles. The average Bonchev–Trinajstić information content (AvgIpc) is 3.32. The van der Waals surface area contributed by atoms with Gasteiger partial charge in [0, 0.05) is 33.2 Å². The van der Waals surface area contributed by atoms with Gasteiger partial charge in [0.25, 0.3) is 0 Å². The highest BCUT2D eigenvalue weighted by molar-refractivity contribution is 7.80. The first-order chi connectivity index (χ1) is 14.8. The Balaban J connectivity index is 1.73. The molecular formula is C24H26N4OS2. The van der Waals surface area contributed by atoms with Crippen LogP contribution in [-0.4, -0.2) is 16.0 Å². The second-order valence-corrected chi connectivity index (χ2v) is 9.79. The summed E-state index contributed by atoms with van der Waals surface area (Å²) in [5, 5.41) is 7.17. The van der Waals surface area contributed by atoms with Crippen molar-refractivity contribution in [2.75, 3.05) is 10.2 Å². The largest absolute Gasteiger partial charge is 0.351 e. The topological polar surface area (TPSA) is 57.3 Å². The number of aromatic nitrogens is 1. The van der Waals surface area contributed by atoms with Crippen LogP contribution >= 0.6 is 23.6 Å². The molecule has 3 aromatic rings. The lowest BCUT2D eigenvalue weighted by Gasteiger charge is -2.27. The summed E-state index contributed by atoms with van der Waals surface area (Å²) < 4.78 is 0. The lowest BCUT2D eigenvalue weighted by atomic mass is 10.0. The molecule has 7 heteroatoms. The first-order valence-corrected chi connectivity index (χ1v) is 11.6. The number of anilines is 2. The Labute approximate surface area is 192 Å². The van der Waals surface area contributed by atoms with Crippen LogP contribution < -0.4 is 15.5 Å². The van der Waals surface area contributed by atoms with Crippen molar-refractivity contribution in [2.24, 2.45) is 5.92 Å². The van der Waals surface area contributed by atoms with E-state index in [-0.39, 0.29) is 23.9 Å². The minimum atomic E-state index is -0.0694. The molecule has 160 valence electrons. The second kappa shape index (κ2) is 8.77. The number of carbonyl (C=O) groups excluding carboxylic acids is 1. The van der Waals surface area contributed by atoms with E-state index in [2.05, 4.69) is 45.6 Å². The minimum Gasteiger partial charge on any atom is -0.351 e. The van der Waals surface area contributed by atoms with Gasteiger partial charge in [-0.2, -0.15) is 0 Å². The zero-order chi connectivity index (χ0) is 22.1. The third-order valence-electron chi connectivity index (χ3n) is 5.42. The van der Waals surface area contributed by atoms with Gasteiger partial charge in [-0.05, 0) is 74.1 Å². The fraction of sp³-hybridized carbons (Fsp3) is 0.292. The third kappa shape index (κ3) is 4.34. The van der Waals surface area contributed by atoms with Gasteiger partial charge < -0.3 is 15.5 Å². The van der Waals surface area contributed by atoms with E-state index in [9.17, 15) is 4.79 Å². The molecule has 1 amide bonds. The summed E-state index contributed by atoms with van der Waals surface area (Å²) in [7, 11) is 0. The van der Waals surface area contributed by atoms with Crippen LogP contribution in [0.4, 0.5) is 11.4 Å². The number of nitrogens with one attached hydrogen (secondary N) is 2. The van der Waals surface area contributed by atoms with Crippen molar-refractivity contribution in [3.05, 3.63) is 75.7 Å². The van der Waals surface area contributed by atoms with E-state index >= 15 is 0 Å². The monoisotopic (exact) mass is 450 g/mol. The van der Waals surface area contributed by atoms with Gasteiger partial charge >= 0.3 is 0 Å². The van der Waals surface area contributed by atoms with Crippen LogP contribution in [0, 0.1) is 19.8 Å². The Hall–Kier alpha value is -2.77. The fourth-order valence-corrected chi connectivity index (χ4v) is 5.10. The third-order valence-corrected chi connectivity index (χ3v) is 6.81. The van der Waals surface area contributed by atoms with Crippen molar-refractivity contribution in [1.82, 2.24) is 10.3 Å². The van der Waals surface area contributed by atoms with Gasteiger partial charge in [0.15, 0.2) is 5.11 Å². The van der Waals surface area contributed by atoms with Gasteiger partial charge in [-0.15, -0.1) is 11.3 Å². The number of thiophene rings is 1. The van der Waals surface area contributed by atoms with Gasteiger partial charge in [0.1, 0.15) is 0 Å². The average molecular weight is 451 g/mol. The van der Waals surface area contributed by atoms with Crippen LogP contribution in [0.1, 0.15) is 46.9 Å². The van der Waals surface area contributed by atoms with Gasteiger partial charge in [-0.1, -0.05) is 19.9 Å². The molecule has 0 aliphatic carbocycles. The number of pyridine rings is 1. The Morgan fingerprint density at radius 2 is 2.00 bits per heavy atom. The Bertz CT molecular complexity index is 1110. The number of thiocarbonyl (C=S) groups is 1. The number of hydrogen-bond acceptors (Lipinski definition) is 4. The van der Waals surface area contributed by atoms with Crippen LogP contribution in [-0.2, 0) is 4.79 Å². The van der Waals surface area contributed by atoms with E-state index in [1.54, 1.807) is 11.3 Å². The number of rotatable bonds is 5. The summed E-state index contributed by atoms with van der Waals surface area (Å²) in [5.74, 6) is -0.0589. The molecule has 1 aromatic carbocycles. The number of carbonyl (C=O) groups is 1. The minimum absolute atomic E-state index is 0.00314. The zero-order valence-corrected chi connectivity index (χ0v) is 19.7. The van der Waals surface area contributed by atoms with E-state index in [1.807, 2.05) is 57.3 Å². The van der Waals surface area contributed by atoms with E-state index in [1.165, 1.54) is 9.75 Å². The summed E-state index contributed by atoms with van der Waals surface area (Å²) in [5.41, 5.74) is 3.77. The molecule has 1 fully saturated rings. The van der Waals surface area contributed by atoms with Crippen LogP contribution in [0.2, 0.25) is 0 Å². The van der Waals surface area contributed by atoms with E-state index < -0.39 is 0 Å². The second-order valence-electron chi connectivity index (χ2n) is 8.09. The molecule has 1 aliphatic rings. The quantitative estimate of drug-likeness (QED) is 0.501. The molecule has 1 aliphatic heterocycles. The summed E-state index contributed by atoms with van der Waals surface area (Å²) in [6, 6.07) is 16.3. The van der Waals surface area contributed by atoms with E-state index in [0.29, 0.717) is 5.11 Å². The summed E-state index contributed by atoms with van der Waals surface area (Å²) in [6.07, 6.45) is 1.82. The number of benzene rings is 1. The fourth-order valence-electron chi connectivity index (χ4n) is 3.75. The lowest BCUT2D eigenvalue weighted by Crippen LogP contribution is -2.29. The lowest BCUT2D eigenvalue weighted by molar-refractivity contribution is -0.118. The Morgan fingerprint density at radius 3 is 2.61 bits per heavy atom. The predicted molar refractivity (Wildman–Crippen MR) is 132 cm³/mol. The highest BCUT2D eigenvalue weighted by Crippen LogP contribution is 2.44. The maximum Gasteiger partial charge on any atom is 0.226 e. The standard InChI is InChI=1S/C24H26N4OS2/c1-14(2)23(29)26-18-10-9-17(13-15(18)3)28-22(20-11-8-16(4)31-20)21(27-24(28)30)19-7-5-6-12-25-19/h5-14,21-22H,1-4H3,(H,26,29)(H,27,30)/t21-,22-/m1/s1. The molecule has 0 radical (unpaired) electrons. The molecule has 0 spiro atoms. The van der Waals surface area contributed by atoms with Crippen molar-refractivity contribution in [3.63, 3.8) is 0 Å². The van der Waals surface area contributed by atoms with Crippen molar-refractivity contribution in [3.8, 4) is 0 Å². The van der Waals surface area contributed by atoms with E-state index in [4.69, 9.17) is 12.2 Å². The molecule has 5 nitrogen and oxygen atoms in total. The molecule has 2 N–H and O–H groups in total. The maximum atomic E-state index is 12.1. The highest BCUT2D eigenvalue weighted by atomic mass is 32.1. The normalized spacial score (nSPS) is 18.4. The molecule has 2 atom stereocenters. The molecule has 4 rings (SSSR count). The number of nitrogens with zero attached hydrogens (tertiary/aromatic N) is 2. The van der Waals surface area contributed by atoms with Crippen molar-refractivity contribution in [2.45, 2.75) is 39.8 Å². The number of aryl methyl sites for hydroxylation is 2. The van der Waals surface area contributed by atoms with Gasteiger partial charge in [-0.25, -0.2) is 0 Å². The summed E-state index contributed by atoms with van der Waals surface area (Å²) in [4.78, 5) is 21.4. The van der Waals surface area contributed by atoms with Crippen LogP contribution in [0.3, 0.4) is 0 Å². The molecular weight excluding hydrogens is 424 g/mol. The van der Waals surface area contributed by atoms with Crippen LogP contribution in [0.5, 0.6) is 0 Å². The molecule has 2 aromatic heterocycles. The van der Waals surface area contributed by atoms with Gasteiger partial charge in [0.2, 0.25) is 5.91 Å². The molecule has 1 saturated heterocycles. The zero-order valence-electron chi connectivity index (χ0n) is 18.0. The highest BCUT2D eigenvalue weighted by Gasteiger charge is 2.41.